The van der Waals surface area contributed by atoms with Crippen LogP contribution in [0, 0.1) is 23.7 Å². The lowest BCUT2D eigenvalue weighted by atomic mass is 10.0. The summed E-state index contributed by atoms with van der Waals surface area (Å²) in [5.74, 6) is 3.36. The van der Waals surface area contributed by atoms with Gasteiger partial charge in [0.05, 0.1) is 6.61 Å². The maximum Gasteiger partial charge on any atom is 0.315 e. The fourth-order valence-corrected chi connectivity index (χ4v) is 4.85. The van der Waals surface area contributed by atoms with Crippen LogP contribution in [0.1, 0.15) is 30.4 Å². The summed E-state index contributed by atoms with van der Waals surface area (Å²) in [6.07, 6.45) is 5.01. The number of aliphatic hydroxyl groups is 1. The Labute approximate surface area is 131 Å². The molecular formula is C18H24N2O2. The molecule has 0 radical (unpaired) electrons. The van der Waals surface area contributed by atoms with Gasteiger partial charge in [0.1, 0.15) is 0 Å². The molecule has 4 nitrogen and oxygen atoms in total. The zero-order valence-corrected chi connectivity index (χ0v) is 12.8. The largest absolute Gasteiger partial charge is 0.392 e. The van der Waals surface area contributed by atoms with Crippen LogP contribution in [-0.4, -0.2) is 23.7 Å². The molecule has 0 aromatic heterocycles. The van der Waals surface area contributed by atoms with E-state index < -0.39 is 0 Å². The summed E-state index contributed by atoms with van der Waals surface area (Å²) in [5.41, 5.74) is 2.10. The zero-order valence-electron chi connectivity index (χ0n) is 12.8. The number of hydrogen-bond acceptors (Lipinski definition) is 2. The van der Waals surface area contributed by atoms with Crippen molar-refractivity contribution in [3.8, 4) is 0 Å². The molecule has 4 heteroatoms. The van der Waals surface area contributed by atoms with E-state index >= 15 is 0 Å². The van der Waals surface area contributed by atoms with E-state index in [4.69, 9.17) is 5.11 Å². The van der Waals surface area contributed by atoms with E-state index in [9.17, 15) is 4.79 Å². The highest BCUT2D eigenvalue weighted by Crippen LogP contribution is 2.65. The van der Waals surface area contributed by atoms with E-state index in [2.05, 4.69) is 10.6 Å². The number of benzene rings is 1. The highest BCUT2D eigenvalue weighted by atomic mass is 16.3. The van der Waals surface area contributed by atoms with Gasteiger partial charge in [-0.05, 0) is 60.5 Å². The van der Waals surface area contributed by atoms with Crippen molar-refractivity contribution in [2.24, 2.45) is 23.7 Å². The van der Waals surface area contributed by atoms with Crippen molar-refractivity contribution < 1.29 is 9.90 Å². The molecule has 3 aliphatic carbocycles. The lowest BCUT2D eigenvalue weighted by molar-refractivity contribution is 0.238. The Morgan fingerprint density at radius 1 is 1.09 bits per heavy atom. The summed E-state index contributed by atoms with van der Waals surface area (Å²) in [5, 5.41) is 15.2. The second-order valence-corrected chi connectivity index (χ2v) is 7.14. The number of urea groups is 1. The first kappa shape index (κ1) is 14.1. The molecule has 1 aromatic carbocycles. The molecule has 1 aromatic rings. The highest BCUT2D eigenvalue weighted by Gasteiger charge is 2.65. The van der Waals surface area contributed by atoms with Gasteiger partial charge in [0.25, 0.3) is 0 Å². The molecule has 118 valence electrons. The van der Waals surface area contributed by atoms with Crippen LogP contribution in [0.25, 0.3) is 0 Å². The molecule has 0 saturated heterocycles. The predicted molar refractivity (Wildman–Crippen MR) is 84.2 cm³/mol. The molecule has 4 unspecified atom stereocenters. The zero-order chi connectivity index (χ0) is 15.1. The van der Waals surface area contributed by atoms with Crippen molar-refractivity contribution >= 4 is 6.03 Å². The second kappa shape index (κ2) is 5.58. The van der Waals surface area contributed by atoms with Crippen LogP contribution in [0.4, 0.5) is 4.79 Å². The molecule has 3 N–H and O–H groups in total. The third-order valence-electron chi connectivity index (χ3n) is 5.94. The summed E-state index contributed by atoms with van der Waals surface area (Å²) in [4.78, 5) is 12.0. The Hall–Kier alpha value is -1.55. The summed E-state index contributed by atoms with van der Waals surface area (Å²) in [6, 6.07) is 8.32. The van der Waals surface area contributed by atoms with Crippen LogP contribution in [0.2, 0.25) is 0 Å². The highest BCUT2D eigenvalue weighted by molar-refractivity contribution is 5.74. The fraction of sp³-hybridized carbons (Fsp3) is 0.611. The minimum absolute atomic E-state index is 0.00854. The van der Waals surface area contributed by atoms with Crippen molar-refractivity contribution in [1.82, 2.24) is 10.6 Å². The number of rotatable bonds is 5. The number of nitrogens with one attached hydrogen (secondary N) is 2. The van der Waals surface area contributed by atoms with Crippen molar-refractivity contribution in [3.63, 3.8) is 0 Å². The van der Waals surface area contributed by atoms with Crippen molar-refractivity contribution in [2.45, 2.75) is 38.3 Å². The molecule has 0 heterocycles. The average Bonchev–Trinajstić information content (AvgIpc) is 2.93. The first-order valence-electron chi connectivity index (χ1n) is 8.49. The fourth-order valence-electron chi connectivity index (χ4n) is 4.85. The van der Waals surface area contributed by atoms with Crippen LogP contribution in [0.15, 0.2) is 24.3 Å². The minimum Gasteiger partial charge on any atom is -0.392 e. The molecular weight excluding hydrogens is 276 g/mol. The van der Waals surface area contributed by atoms with Crippen molar-refractivity contribution in [2.75, 3.05) is 6.54 Å². The van der Waals surface area contributed by atoms with Crippen LogP contribution < -0.4 is 10.6 Å². The van der Waals surface area contributed by atoms with E-state index in [0.29, 0.717) is 12.6 Å². The Bertz CT molecular complexity index is 541. The molecule has 3 aliphatic rings. The molecule has 2 bridgehead atoms. The maximum atomic E-state index is 12.0. The Morgan fingerprint density at radius 2 is 1.73 bits per heavy atom. The monoisotopic (exact) mass is 300 g/mol. The third-order valence-corrected chi connectivity index (χ3v) is 5.94. The molecule has 4 rings (SSSR count). The summed E-state index contributed by atoms with van der Waals surface area (Å²) in [7, 11) is 0. The van der Waals surface area contributed by atoms with E-state index in [-0.39, 0.29) is 12.6 Å². The lowest BCUT2D eigenvalue weighted by Gasteiger charge is -2.11. The van der Waals surface area contributed by atoms with Gasteiger partial charge in [-0.1, -0.05) is 24.3 Å². The van der Waals surface area contributed by atoms with Gasteiger partial charge in [0.15, 0.2) is 0 Å². The number of aliphatic hydroxyl groups excluding tert-OH is 1. The topological polar surface area (TPSA) is 61.4 Å². The molecule has 4 atom stereocenters. The van der Waals surface area contributed by atoms with Crippen molar-refractivity contribution in [3.05, 3.63) is 35.4 Å². The molecule has 3 fully saturated rings. The van der Waals surface area contributed by atoms with Crippen molar-refractivity contribution in [1.29, 1.82) is 0 Å². The summed E-state index contributed by atoms with van der Waals surface area (Å²) >= 11 is 0. The summed E-state index contributed by atoms with van der Waals surface area (Å²) in [6.45, 7) is 0.728. The Morgan fingerprint density at radius 3 is 2.36 bits per heavy atom. The first-order chi connectivity index (χ1) is 10.8. The standard InChI is InChI=1S/C18H24N2O2/c21-10-12-3-1-11(2-4-12)7-8-19-18(22)20-17-15-13-5-6-14(9-13)16(15)17/h1-4,13-17,21H,5-10H2,(H2,19,20,22). The van der Waals surface area contributed by atoms with Crippen LogP contribution >= 0.6 is 0 Å². The van der Waals surface area contributed by atoms with E-state index in [0.717, 1.165) is 35.7 Å². The lowest BCUT2D eigenvalue weighted by Crippen LogP contribution is -2.39. The van der Waals surface area contributed by atoms with Crippen LogP contribution in [-0.2, 0) is 13.0 Å². The van der Waals surface area contributed by atoms with Gasteiger partial charge in [-0.3, -0.25) is 0 Å². The van der Waals surface area contributed by atoms with E-state index in [1.54, 1.807) is 0 Å². The number of carbonyl (C=O) groups excluding carboxylic acids is 1. The quantitative estimate of drug-likeness (QED) is 0.779. The van der Waals surface area contributed by atoms with Gasteiger partial charge >= 0.3 is 6.03 Å². The Balaban J connectivity index is 1.19. The van der Waals surface area contributed by atoms with Crippen LogP contribution in [0.5, 0.6) is 0 Å². The number of carbonyl (C=O) groups is 1. The number of amides is 2. The summed E-state index contributed by atoms with van der Waals surface area (Å²) < 4.78 is 0. The smallest absolute Gasteiger partial charge is 0.315 e. The molecule has 3 saturated carbocycles. The number of fused-ring (bicyclic) bond motifs is 5. The SMILES string of the molecule is O=C(NCCc1ccc(CO)cc1)NC1C2C3CCC(C3)C12. The first-order valence-corrected chi connectivity index (χ1v) is 8.49. The molecule has 0 aliphatic heterocycles. The molecule has 0 spiro atoms. The minimum atomic E-state index is -0.00854. The van der Waals surface area contributed by atoms with Crippen LogP contribution in [0.3, 0.4) is 0 Å². The normalized spacial score (nSPS) is 34.3. The molecule has 2 amide bonds. The van der Waals surface area contributed by atoms with E-state index in [1.165, 1.54) is 24.8 Å². The maximum absolute atomic E-state index is 12.0. The van der Waals surface area contributed by atoms with Gasteiger partial charge in [0, 0.05) is 12.6 Å². The second-order valence-electron chi connectivity index (χ2n) is 7.14. The van der Waals surface area contributed by atoms with Gasteiger partial charge in [-0.2, -0.15) is 0 Å². The molecule has 22 heavy (non-hydrogen) atoms. The van der Waals surface area contributed by atoms with Gasteiger partial charge in [-0.25, -0.2) is 4.79 Å². The Kier molecular flexibility index (Phi) is 3.57. The number of hydrogen-bond donors (Lipinski definition) is 3. The van der Waals surface area contributed by atoms with Gasteiger partial charge < -0.3 is 15.7 Å². The third kappa shape index (κ3) is 2.50. The average molecular weight is 300 g/mol. The van der Waals surface area contributed by atoms with Gasteiger partial charge in [-0.15, -0.1) is 0 Å². The van der Waals surface area contributed by atoms with E-state index in [1.807, 2.05) is 24.3 Å². The van der Waals surface area contributed by atoms with Gasteiger partial charge in [0.2, 0.25) is 0 Å². The predicted octanol–water partition coefficient (Wildman–Crippen LogP) is 2.07.